The Balaban J connectivity index is 1.13. The highest BCUT2D eigenvalue weighted by Crippen LogP contribution is 2.21. The SMILES string of the molecule is O=C(CCCc1ccc(N2C(=O)C=CC2=O)cc1)OC(=O)CCCc1ccc(N2C(=O)C=CC2=O)cc1. The first-order valence-electron chi connectivity index (χ1n) is 11.9. The highest BCUT2D eigenvalue weighted by Gasteiger charge is 2.25. The predicted octanol–water partition coefficient (Wildman–Crippen LogP) is 2.96. The summed E-state index contributed by atoms with van der Waals surface area (Å²) in [6.45, 7) is 0. The van der Waals surface area contributed by atoms with Gasteiger partial charge in [0.25, 0.3) is 23.6 Å². The van der Waals surface area contributed by atoms with E-state index < -0.39 is 11.9 Å². The molecule has 2 heterocycles. The number of hydrogen-bond acceptors (Lipinski definition) is 7. The van der Waals surface area contributed by atoms with Gasteiger partial charge in [0.2, 0.25) is 0 Å². The molecule has 0 N–H and O–H groups in total. The van der Waals surface area contributed by atoms with Crippen molar-refractivity contribution in [3.63, 3.8) is 0 Å². The lowest BCUT2D eigenvalue weighted by molar-refractivity contribution is -0.159. The average molecular weight is 501 g/mol. The molecule has 9 heteroatoms. The highest BCUT2D eigenvalue weighted by molar-refractivity contribution is 6.28. The topological polar surface area (TPSA) is 118 Å². The van der Waals surface area contributed by atoms with Crippen LogP contribution >= 0.6 is 0 Å². The van der Waals surface area contributed by atoms with Crippen LogP contribution in [0.25, 0.3) is 0 Å². The first-order valence-corrected chi connectivity index (χ1v) is 11.9. The zero-order valence-electron chi connectivity index (χ0n) is 19.9. The molecule has 0 radical (unpaired) electrons. The van der Waals surface area contributed by atoms with E-state index in [-0.39, 0.29) is 36.5 Å². The third kappa shape index (κ3) is 6.32. The molecule has 4 rings (SSSR count). The summed E-state index contributed by atoms with van der Waals surface area (Å²) >= 11 is 0. The number of ether oxygens (including phenoxy) is 1. The van der Waals surface area contributed by atoms with Crippen LogP contribution in [0.1, 0.15) is 36.8 Å². The third-order valence-corrected chi connectivity index (χ3v) is 5.93. The number of hydrogen-bond donors (Lipinski definition) is 0. The van der Waals surface area contributed by atoms with Gasteiger partial charge in [-0.25, -0.2) is 9.80 Å². The Bertz CT molecular complexity index is 1170. The van der Waals surface area contributed by atoms with Crippen LogP contribution in [0.3, 0.4) is 0 Å². The second-order valence-electron chi connectivity index (χ2n) is 8.58. The summed E-state index contributed by atoms with van der Waals surface area (Å²) in [5, 5.41) is 0. The van der Waals surface area contributed by atoms with Gasteiger partial charge in [0.1, 0.15) is 0 Å². The van der Waals surface area contributed by atoms with Crippen LogP contribution < -0.4 is 9.80 Å². The van der Waals surface area contributed by atoms with E-state index in [9.17, 15) is 28.8 Å². The van der Waals surface area contributed by atoms with E-state index in [0.717, 1.165) is 20.9 Å². The fourth-order valence-corrected chi connectivity index (χ4v) is 4.04. The van der Waals surface area contributed by atoms with E-state index >= 15 is 0 Å². The van der Waals surface area contributed by atoms with Crippen molar-refractivity contribution in [1.29, 1.82) is 0 Å². The van der Waals surface area contributed by atoms with Gasteiger partial charge < -0.3 is 4.74 Å². The van der Waals surface area contributed by atoms with Crippen molar-refractivity contribution >= 4 is 46.9 Å². The summed E-state index contributed by atoms with van der Waals surface area (Å²) in [4.78, 5) is 73.1. The number of carbonyl (C=O) groups is 6. The maximum absolute atomic E-state index is 12.0. The maximum Gasteiger partial charge on any atom is 0.313 e. The molecule has 2 aliphatic heterocycles. The minimum Gasteiger partial charge on any atom is -0.393 e. The molecule has 0 bridgehead atoms. The quantitative estimate of drug-likeness (QED) is 0.280. The van der Waals surface area contributed by atoms with E-state index in [2.05, 4.69) is 0 Å². The molecule has 0 aromatic heterocycles. The van der Waals surface area contributed by atoms with Gasteiger partial charge >= 0.3 is 11.9 Å². The molecular formula is C28H24N2O7. The Labute approximate surface area is 213 Å². The van der Waals surface area contributed by atoms with Gasteiger partial charge in [0.15, 0.2) is 0 Å². The first-order chi connectivity index (χ1) is 17.8. The number of aryl methyl sites for hydroxylation is 2. The van der Waals surface area contributed by atoms with Gasteiger partial charge in [0.05, 0.1) is 11.4 Å². The van der Waals surface area contributed by atoms with Crippen LogP contribution in [0.2, 0.25) is 0 Å². The van der Waals surface area contributed by atoms with Gasteiger partial charge in [-0.2, -0.15) is 0 Å². The highest BCUT2D eigenvalue weighted by atomic mass is 16.6. The predicted molar refractivity (Wildman–Crippen MR) is 133 cm³/mol. The van der Waals surface area contributed by atoms with Gasteiger partial charge in [-0.05, 0) is 61.1 Å². The summed E-state index contributed by atoms with van der Waals surface area (Å²) in [7, 11) is 0. The van der Waals surface area contributed by atoms with E-state index in [4.69, 9.17) is 4.74 Å². The molecule has 0 aliphatic carbocycles. The van der Waals surface area contributed by atoms with Crippen molar-refractivity contribution in [2.24, 2.45) is 0 Å². The van der Waals surface area contributed by atoms with Crippen molar-refractivity contribution < 1.29 is 33.5 Å². The van der Waals surface area contributed by atoms with Crippen molar-refractivity contribution in [3.05, 3.63) is 84.0 Å². The van der Waals surface area contributed by atoms with E-state index in [1.807, 2.05) is 0 Å². The average Bonchev–Trinajstić information content (AvgIpc) is 3.39. The molecule has 0 spiro atoms. The fraction of sp³-hybridized carbons (Fsp3) is 0.214. The Morgan fingerprint density at radius 2 is 0.865 bits per heavy atom. The minimum absolute atomic E-state index is 0.0881. The summed E-state index contributed by atoms with van der Waals surface area (Å²) in [6, 6.07) is 13.9. The van der Waals surface area contributed by atoms with Gasteiger partial charge in [-0.15, -0.1) is 0 Å². The fourth-order valence-electron chi connectivity index (χ4n) is 4.04. The minimum atomic E-state index is -0.584. The second-order valence-corrected chi connectivity index (χ2v) is 8.58. The Kier molecular flexibility index (Phi) is 7.83. The number of imide groups is 2. The number of rotatable bonds is 10. The van der Waals surface area contributed by atoms with E-state index in [1.54, 1.807) is 48.5 Å². The molecule has 0 atom stereocenters. The zero-order chi connectivity index (χ0) is 26.4. The van der Waals surface area contributed by atoms with Gasteiger partial charge in [-0.3, -0.25) is 28.8 Å². The standard InChI is InChI=1S/C28H24N2O7/c31-23-15-16-24(32)29(23)21-11-7-19(8-12-21)3-1-5-27(35)37-28(36)6-2-4-20-9-13-22(14-10-20)30-25(33)17-18-26(30)34/h7-18H,1-6H2. The normalized spacial score (nSPS) is 14.7. The Hall–Kier alpha value is -4.66. The molecule has 2 aromatic rings. The first kappa shape index (κ1) is 25.4. The maximum atomic E-state index is 12.0. The number of carbonyl (C=O) groups excluding carboxylic acids is 6. The molecule has 0 unspecified atom stereocenters. The van der Waals surface area contributed by atoms with Crippen LogP contribution in [0.5, 0.6) is 0 Å². The van der Waals surface area contributed by atoms with Crippen LogP contribution in [-0.2, 0) is 46.3 Å². The molecule has 0 saturated carbocycles. The number of nitrogens with zero attached hydrogens (tertiary/aromatic N) is 2. The lowest BCUT2D eigenvalue weighted by Gasteiger charge is -2.14. The lowest BCUT2D eigenvalue weighted by Crippen LogP contribution is -2.29. The van der Waals surface area contributed by atoms with Crippen LogP contribution in [-0.4, -0.2) is 35.6 Å². The van der Waals surface area contributed by atoms with Gasteiger partial charge in [0, 0.05) is 37.1 Å². The van der Waals surface area contributed by atoms with Crippen LogP contribution in [0.15, 0.2) is 72.8 Å². The monoisotopic (exact) mass is 500 g/mol. The van der Waals surface area contributed by atoms with Crippen LogP contribution in [0, 0.1) is 0 Å². The Morgan fingerprint density at radius 3 is 1.19 bits per heavy atom. The lowest BCUT2D eigenvalue weighted by atomic mass is 10.1. The van der Waals surface area contributed by atoms with Crippen molar-refractivity contribution in [3.8, 4) is 0 Å². The Morgan fingerprint density at radius 1 is 0.541 bits per heavy atom. The zero-order valence-corrected chi connectivity index (χ0v) is 19.9. The van der Waals surface area contributed by atoms with Crippen molar-refractivity contribution in [1.82, 2.24) is 0 Å². The summed E-state index contributed by atoms with van der Waals surface area (Å²) in [5.41, 5.74) is 2.82. The number of anilines is 2. The largest absolute Gasteiger partial charge is 0.393 e. The molecule has 37 heavy (non-hydrogen) atoms. The summed E-state index contributed by atoms with van der Waals surface area (Å²) in [5.74, 6) is -2.69. The molecule has 188 valence electrons. The molecule has 0 saturated heterocycles. The summed E-state index contributed by atoms with van der Waals surface area (Å²) in [6.07, 6.45) is 7.19. The summed E-state index contributed by atoms with van der Waals surface area (Å²) < 4.78 is 4.89. The second kappa shape index (κ2) is 11.4. The molecule has 0 fully saturated rings. The molecular weight excluding hydrogens is 476 g/mol. The molecule has 4 amide bonds. The molecule has 9 nitrogen and oxygen atoms in total. The van der Waals surface area contributed by atoms with Gasteiger partial charge in [-0.1, -0.05) is 24.3 Å². The molecule has 2 aromatic carbocycles. The van der Waals surface area contributed by atoms with E-state index in [0.29, 0.717) is 37.1 Å². The third-order valence-electron chi connectivity index (χ3n) is 5.93. The van der Waals surface area contributed by atoms with Crippen molar-refractivity contribution in [2.75, 3.05) is 9.80 Å². The smallest absolute Gasteiger partial charge is 0.313 e. The van der Waals surface area contributed by atoms with E-state index in [1.165, 1.54) is 24.3 Å². The number of benzene rings is 2. The van der Waals surface area contributed by atoms with Crippen molar-refractivity contribution in [2.45, 2.75) is 38.5 Å². The number of amides is 4. The molecule has 2 aliphatic rings. The number of esters is 2. The van der Waals surface area contributed by atoms with Crippen LogP contribution in [0.4, 0.5) is 11.4 Å².